The second-order valence-electron chi connectivity index (χ2n) is 4.58. The van der Waals surface area contributed by atoms with Crippen LogP contribution in [0.4, 0.5) is 13.2 Å². The molecule has 2 rings (SSSR count). The van der Waals surface area contributed by atoms with Crippen molar-refractivity contribution in [3.63, 3.8) is 0 Å². The molecule has 0 N–H and O–H groups in total. The number of ketones is 1. The van der Waals surface area contributed by atoms with E-state index in [1.54, 1.807) is 0 Å². The zero-order valence-corrected chi connectivity index (χ0v) is 12.9. The molecular formula is C16H10ClF3O4. The summed E-state index contributed by atoms with van der Waals surface area (Å²) in [5.74, 6) is -2.65. The Morgan fingerprint density at radius 1 is 1.00 bits per heavy atom. The summed E-state index contributed by atoms with van der Waals surface area (Å²) >= 11 is 5.71. The summed E-state index contributed by atoms with van der Waals surface area (Å²) in [4.78, 5) is 22.9. The van der Waals surface area contributed by atoms with Crippen LogP contribution in [-0.4, -0.2) is 18.9 Å². The second-order valence-corrected chi connectivity index (χ2v) is 5.02. The highest BCUT2D eigenvalue weighted by molar-refractivity contribution is 6.41. The molecule has 0 bridgehead atoms. The molecule has 0 atom stereocenters. The average Bonchev–Trinajstić information content (AvgIpc) is 2.54. The molecule has 0 spiro atoms. The minimum absolute atomic E-state index is 0.147. The Hall–Kier alpha value is -2.54. The molecule has 0 aliphatic heterocycles. The maximum Gasteiger partial charge on any atom is 0.417 e. The van der Waals surface area contributed by atoms with Crippen molar-refractivity contribution in [2.45, 2.75) is 6.18 Å². The number of alkyl halides is 3. The Morgan fingerprint density at radius 3 is 2.12 bits per heavy atom. The van der Waals surface area contributed by atoms with Crippen molar-refractivity contribution < 1.29 is 32.2 Å². The fourth-order valence-corrected chi connectivity index (χ4v) is 1.99. The third-order valence-electron chi connectivity index (χ3n) is 2.96. The Labute approximate surface area is 139 Å². The van der Waals surface area contributed by atoms with Crippen LogP contribution >= 0.6 is 11.6 Å². The smallest absolute Gasteiger partial charge is 0.417 e. The van der Waals surface area contributed by atoms with Gasteiger partial charge in [0.25, 0.3) is 5.78 Å². The van der Waals surface area contributed by atoms with Crippen molar-refractivity contribution >= 4 is 23.4 Å². The molecule has 0 fully saturated rings. The first-order chi connectivity index (χ1) is 11.2. The highest BCUT2D eigenvalue weighted by Gasteiger charge is 2.37. The molecule has 4 nitrogen and oxygen atoms in total. The number of hydrogen-bond donors (Lipinski definition) is 0. The molecule has 0 amide bonds. The van der Waals surface area contributed by atoms with Gasteiger partial charge in [0.15, 0.2) is 0 Å². The molecule has 0 unspecified atom stereocenters. The van der Waals surface area contributed by atoms with Crippen LogP contribution in [0.5, 0.6) is 11.5 Å². The van der Waals surface area contributed by atoms with Gasteiger partial charge in [-0.15, -0.1) is 0 Å². The van der Waals surface area contributed by atoms with Gasteiger partial charge >= 0.3 is 12.1 Å². The zero-order chi connectivity index (χ0) is 17.9. The van der Waals surface area contributed by atoms with Gasteiger partial charge < -0.3 is 9.47 Å². The molecule has 0 radical (unpaired) electrons. The number of esters is 1. The first-order valence-electron chi connectivity index (χ1n) is 6.49. The summed E-state index contributed by atoms with van der Waals surface area (Å²) in [5, 5.41) is 0.442. The predicted molar refractivity (Wildman–Crippen MR) is 79.3 cm³/mol. The van der Waals surface area contributed by atoms with E-state index >= 15 is 0 Å². The molecule has 2 aromatic carbocycles. The maximum absolute atomic E-state index is 13.2. The standard InChI is InChI=1S/C16H10ClF3O4/c1-23-15(22)14(21)12-7-6-11(8-13(12)16(18,19)20)24-10-4-2-9(17)3-5-10/h2-8H,1H3. The summed E-state index contributed by atoms with van der Waals surface area (Å²) in [7, 11) is 0.908. The van der Waals surface area contributed by atoms with Gasteiger partial charge in [-0.3, -0.25) is 4.79 Å². The number of carbonyl (C=O) groups is 2. The van der Waals surface area contributed by atoms with Gasteiger partial charge in [-0.2, -0.15) is 13.2 Å². The minimum Gasteiger partial charge on any atom is -0.463 e. The lowest BCUT2D eigenvalue weighted by Gasteiger charge is -2.14. The fraction of sp³-hybridized carbons (Fsp3) is 0.125. The van der Waals surface area contributed by atoms with E-state index in [0.29, 0.717) is 11.1 Å². The zero-order valence-electron chi connectivity index (χ0n) is 12.2. The molecule has 0 aliphatic carbocycles. The summed E-state index contributed by atoms with van der Waals surface area (Å²) in [6.07, 6.45) is -4.85. The van der Waals surface area contributed by atoms with Gasteiger partial charge in [-0.1, -0.05) is 11.6 Å². The Kier molecular flexibility index (Phi) is 5.14. The lowest BCUT2D eigenvalue weighted by Crippen LogP contribution is -2.20. The second kappa shape index (κ2) is 6.92. The number of benzene rings is 2. The first-order valence-corrected chi connectivity index (χ1v) is 6.87. The summed E-state index contributed by atoms with van der Waals surface area (Å²) in [6.45, 7) is 0. The van der Waals surface area contributed by atoms with E-state index in [4.69, 9.17) is 16.3 Å². The van der Waals surface area contributed by atoms with Crippen LogP contribution in [-0.2, 0) is 15.7 Å². The van der Waals surface area contributed by atoms with Crippen LogP contribution in [0.15, 0.2) is 42.5 Å². The Bertz CT molecular complexity index is 770. The van der Waals surface area contributed by atoms with E-state index in [-0.39, 0.29) is 11.5 Å². The third kappa shape index (κ3) is 4.05. The molecule has 8 heteroatoms. The summed E-state index contributed by atoms with van der Waals surface area (Å²) in [5.41, 5.74) is -2.10. The lowest BCUT2D eigenvalue weighted by molar-refractivity contribution is -0.138. The van der Waals surface area contributed by atoms with Crippen molar-refractivity contribution in [2.24, 2.45) is 0 Å². The molecule has 2 aromatic rings. The normalized spacial score (nSPS) is 11.0. The van der Waals surface area contributed by atoms with E-state index < -0.39 is 29.1 Å². The maximum atomic E-state index is 13.2. The van der Waals surface area contributed by atoms with Crippen LogP contribution < -0.4 is 4.74 Å². The van der Waals surface area contributed by atoms with Crippen molar-refractivity contribution in [1.82, 2.24) is 0 Å². The van der Waals surface area contributed by atoms with Crippen molar-refractivity contribution in [3.05, 3.63) is 58.6 Å². The summed E-state index contributed by atoms with van der Waals surface area (Å²) in [6, 6.07) is 8.64. The molecule has 0 saturated carbocycles. The third-order valence-corrected chi connectivity index (χ3v) is 3.21. The van der Waals surface area contributed by atoms with Crippen LogP contribution in [0, 0.1) is 0 Å². The van der Waals surface area contributed by atoms with Gasteiger partial charge in [0, 0.05) is 10.6 Å². The van der Waals surface area contributed by atoms with E-state index in [1.807, 2.05) is 0 Å². The van der Waals surface area contributed by atoms with Crippen LogP contribution in [0.25, 0.3) is 0 Å². The Morgan fingerprint density at radius 2 is 1.58 bits per heavy atom. The minimum atomic E-state index is -4.85. The molecular weight excluding hydrogens is 349 g/mol. The average molecular weight is 359 g/mol. The van der Waals surface area contributed by atoms with Gasteiger partial charge in [0.05, 0.1) is 12.7 Å². The van der Waals surface area contributed by atoms with E-state index in [9.17, 15) is 22.8 Å². The lowest BCUT2D eigenvalue weighted by atomic mass is 10.0. The predicted octanol–water partition coefficient (Wildman–Crippen LogP) is 4.51. The van der Waals surface area contributed by atoms with E-state index in [0.717, 1.165) is 19.2 Å². The molecule has 0 aliphatic rings. The van der Waals surface area contributed by atoms with Gasteiger partial charge in [0.1, 0.15) is 11.5 Å². The number of rotatable bonds is 4. The quantitative estimate of drug-likeness (QED) is 0.458. The monoisotopic (exact) mass is 358 g/mol. The van der Waals surface area contributed by atoms with Crippen LogP contribution in [0.2, 0.25) is 5.02 Å². The van der Waals surface area contributed by atoms with Gasteiger partial charge in [0.2, 0.25) is 0 Å². The Balaban J connectivity index is 2.41. The highest BCUT2D eigenvalue weighted by atomic mass is 35.5. The molecule has 126 valence electrons. The number of carbonyl (C=O) groups excluding carboxylic acids is 2. The summed E-state index contributed by atoms with van der Waals surface area (Å²) < 4.78 is 49.0. The topological polar surface area (TPSA) is 52.6 Å². The van der Waals surface area contributed by atoms with Gasteiger partial charge in [-0.25, -0.2) is 4.79 Å². The van der Waals surface area contributed by atoms with E-state index in [1.165, 1.54) is 24.3 Å². The molecule has 0 saturated heterocycles. The fourth-order valence-electron chi connectivity index (χ4n) is 1.86. The van der Waals surface area contributed by atoms with Crippen molar-refractivity contribution in [3.8, 4) is 11.5 Å². The highest BCUT2D eigenvalue weighted by Crippen LogP contribution is 2.36. The molecule has 0 aromatic heterocycles. The number of ether oxygens (including phenoxy) is 2. The van der Waals surface area contributed by atoms with E-state index in [2.05, 4.69) is 4.74 Å². The number of Topliss-reactive ketones (excluding diaryl/α,β-unsaturated/α-hetero) is 1. The number of hydrogen-bond acceptors (Lipinski definition) is 4. The SMILES string of the molecule is COC(=O)C(=O)c1ccc(Oc2ccc(Cl)cc2)cc1C(F)(F)F. The van der Waals surface area contributed by atoms with Crippen LogP contribution in [0.1, 0.15) is 15.9 Å². The van der Waals surface area contributed by atoms with Gasteiger partial charge in [-0.05, 0) is 42.5 Å². The molecule has 24 heavy (non-hydrogen) atoms. The number of methoxy groups -OCH3 is 1. The van der Waals surface area contributed by atoms with Crippen molar-refractivity contribution in [1.29, 1.82) is 0 Å². The number of halogens is 4. The van der Waals surface area contributed by atoms with Crippen molar-refractivity contribution in [2.75, 3.05) is 7.11 Å². The first kappa shape index (κ1) is 17.8. The van der Waals surface area contributed by atoms with Crippen LogP contribution in [0.3, 0.4) is 0 Å². The largest absolute Gasteiger partial charge is 0.463 e. The molecule has 0 heterocycles.